The lowest BCUT2D eigenvalue weighted by Crippen LogP contribution is -2.61. The Morgan fingerprint density at radius 3 is 1.94 bits per heavy atom. The van der Waals surface area contributed by atoms with Crippen LogP contribution in [0.25, 0.3) is 0 Å². The normalized spacial score (nSPS) is 30.3. The molecule has 16 heavy (non-hydrogen) atoms. The summed E-state index contributed by atoms with van der Waals surface area (Å²) in [5.41, 5.74) is 2.31. The highest BCUT2D eigenvalue weighted by Crippen LogP contribution is 2.32. The fourth-order valence-electron chi connectivity index (χ4n) is 1.75. The van der Waals surface area contributed by atoms with E-state index in [4.69, 9.17) is 5.73 Å². The van der Waals surface area contributed by atoms with E-state index in [0.717, 1.165) is 6.92 Å². The van der Waals surface area contributed by atoms with E-state index in [-0.39, 0.29) is 11.8 Å². The molecule has 0 aromatic heterocycles. The summed E-state index contributed by atoms with van der Waals surface area (Å²) in [6, 6.07) is 0. The van der Waals surface area contributed by atoms with Gasteiger partial charge in [0.1, 0.15) is 0 Å². The maximum Gasteiger partial charge on any atom is 0.415 e. The van der Waals surface area contributed by atoms with Crippen LogP contribution in [0.3, 0.4) is 0 Å². The summed E-state index contributed by atoms with van der Waals surface area (Å²) in [6.07, 6.45) is -4.71. The molecule has 1 heterocycles. The van der Waals surface area contributed by atoms with Gasteiger partial charge in [0, 0.05) is 13.1 Å². The first-order chi connectivity index (χ1) is 7.07. The number of carbonyl (C=O) groups excluding carboxylic acids is 1. The number of nitrogens with zero attached hydrogens (tertiary/aromatic N) is 1. The quantitative estimate of drug-likeness (QED) is 0.750. The van der Waals surface area contributed by atoms with E-state index < -0.39 is 17.6 Å². The molecule has 1 saturated heterocycles. The van der Waals surface area contributed by atoms with Crippen molar-refractivity contribution in [1.82, 2.24) is 4.90 Å². The van der Waals surface area contributed by atoms with Gasteiger partial charge in [-0.2, -0.15) is 13.2 Å². The second-order valence-electron chi connectivity index (χ2n) is 4.86. The Balaban J connectivity index is 2.80. The van der Waals surface area contributed by atoms with Crippen molar-refractivity contribution in [2.45, 2.75) is 32.5 Å². The molecular formula is C10H17F3N2O. The first-order valence-electron chi connectivity index (χ1n) is 5.22. The second kappa shape index (κ2) is 3.91. The molecule has 3 unspecified atom stereocenters. The molecule has 0 aromatic rings. The molecule has 1 aliphatic rings. The molecule has 3 nitrogen and oxygen atoms in total. The number of carbonyl (C=O) groups is 1. The van der Waals surface area contributed by atoms with Gasteiger partial charge in [0.25, 0.3) is 5.91 Å². The van der Waals surface area contributed by atoms with Crippen molar-refractivity contribution in [1.29, 1.82) is 0 Å². The number of hydrogen-bond acceptors (Lipinski definition) is 2. The zero-order valence-electron chi connectivity index (χ0n) is 9.64. The number of hydrogen-bond donors (Lipinski definition) is 1. The summed E-state index contributed by atoms with van der Waals surface area (Å²) in [5, 5.41) is 0. The van der Waals surface area contributed by atoms with Crippen molar-refractivity contribution in [2.75, 3.05) is 13.1 Å². The average molecular weight is 238 g/mol. The molecule has 94 valence electrons. The SMILES string of the molecule is CC1CN(C(=O)C(C)(N)C(F)(F)F)CC1C. The number of amides is 1. The molecule has 0 spiro atoms. The highest BCUT2D eigenvalue weighted by Gasteiger charge is 2.56. The zero-order chi connectivity index (χ0) is 12.7. The van der Waals surface area contributed by atoms with Crippen LogP contribution >= 0.6 is 0 Å². The Bertz CT molecular complexity index is 278. The Morgan fingerprint density at radius 2 is 1.62 bits per heavy atom. The Hall–Kier alpha value is -0.780. The van der Waals surface area contributed by atoms with Gasteiger partial charge in [-0.1, -0.05) is 13.8 Å². The van der Waals surface area contributed by atoms with Crippen molar-refractivity contribution in [2.24, 2.45) is 17.6 Å². The topological polar surface area (TPSA) is 46.3 Å². The van der Waals surface area contributed by atoms with E-state index in [1.165, 1.54) is 4.90 Å². The third-order valence-corrected chi connectivity index (χ3v) is 3.31. The summed E-state index contributed by atoms with van der Waals surface area (Å²) in [4.78, 5) is 12.9. The lowest BCUT2D eigenvalue weighted by molar-refractivity contribution is -0.193. The van der Waals surface area contributed by atoms with E-state index in [2.05, 4.69) is 0 Å². The minimum absolute atomic E-state index is 0.216. The minimum atomic E-state index is -4.71. The summed E-state index contributed by atoms with van der Waals surface area (Å²) in [7, 11) is 0. The summed E-state index contributed by atoms with van der Waals surface area (Å²) in [6.45, 7) is 5.26. The van der Waals surface area contributed by atoms with Gasteiger partial charge in [0.2, 0.25) is 0 Å². The van der Waals surface area contributed by atoms with Crippen LogP contribution in [-0.2, 0) is 4.79 Å². The van der Waals surface area contributed by atoms with Crippen LogP contribution in [0.1, 0.15) is 20.8 Å². The molecule has 1 fully saturated rings. The first kappa shape index (κ1) is 13.3. The van der Waals surface area contributed by atoms with Gasteiger partial charge in [-0.15, -0.1) is 0 Å². The van der Waals surface area contributed by atoms with Crippen LogP contribution in [0.15, 0.2) is 0 Å². The number of likely N-dealkylation sites (tertiary alicyclic amines) is 1. The molecule has 0 aromatic carbocycles. The van der Waals surface area contributed by atoms with E-state index >= 15 is 0 Å². The van der Waals surface area contributed by atoms with Gasteiger partial charge in [0.05, 0.1) is 0 Å². The molecule has 1 rings (SSSR count). The number of rotatable bonds is 1. The molecule has 1 aliphatic heterocycles. The van der Waals surface area contributed by atoms with Crippen molar-refractivity contribution in [3.05, 3.63) is 0 Å². The molecule has 6 heteroatoms. The second-order valence-corrected chi connectivity index (χ2v) is 4.86. The van der Waals surface area contributed by atoms with Crippen LogP contribution in [-0.4, -0.2) is 35.6 Å². The van der Waals surface area contributed by atoms with E-state index in [1.807, 2.05) is 13.8 Å². The van der Waals surface area contributed by atoms with Crippen molar-refractivity contribution in [3.63, 3.8) is 0 Å². The van der Waals surface area contributed by atoms with E-state index in [9.17, 15) is 18.0 Å². The zero-order valence-corrected chi connectivity index (χ0v) is 9.64. The van der Waals surface area contributed by atoms with Gasteiger partial charge < -0.3 is 10.6 Å². The van der Waals surface area contributed by atoms with Crippen LogP contribution in [0.4, 0.5) is 13.2 Å². The summed E-state index contributed by atoms with van der Waals surface area (Å²) in [5.74, 6) is -0.600. The molecule has 0 saturated carbocycles. The standard InChI is InChI=1S/C10H17F3N2O/c1-6-4-15(5-7(6)2)8(16)9(3,14)10(11,12)13/h6-7H,4-5,14H2,1-3H3. The lowest BCUT2D eigenvalue weighted by Gasteiger charge is -2.30. The average Bonchev–Trinajstić information content (AvgIpc) is 2.43. The maximum absolute atomic E-state index is 12.6. The van der Waals surface area contributed by atoms with Gasteiger partial charge in [-0.3, -0.25) is 4.79 Å². The molecule has 0 radical (unpaired) electrons. The lowest BCUT2D eigenvalue weighted by atomic mass is 10.0. The summed E-state index contributed by atoms with van der Waals surface area (Å²) < 4.78 is 37.7. The van der Waals surface area contributed by atoms with Crippen LogP contribution in [0, 0.1) is 11.8 Å². The molecule has 0 bridgehead atoms. The number of nitrogens with two attached hydrogens (primary N) is 1. The van der Waals surface area contributed by atoms with Crippen LogP contribution in [0.2, 0.25) is 0 Å². The third-order valence-electron chi connectivity index (χ3n) is 3.31. The highest BCUT2D eigenvalue weighted by molar-refractivity contribution is 5.87. The fraction of sp³-hybridized carbons (Fsp3) is 0.900. The Morgan fingerprint density at radius 1 is 1.25 bits per heavy atom. The van der Waals surface area contributed by atoms with Crippen LogP contribution in [0.5, 0.6) is 0 Å². The van der Waals surface area contributed by atoms with E-state index in [1.54, 1.807) is 0 Å². The van der Waals surface area contributed by atoms with Crippen molar-refractivity contribution in [3.8, 4) is 0 Å². The molecule has 2 N–H and O–H groups in total. The fourth-order valence-corrected chi connectivity index (χ4v) is 1.75. The van der Waals surface area contributed by atoms with Crippen molar-refractivity contribution < 1.29 is 18.0 Å². The van der Waals surface area contributed by atoms with E-state index in [0.29, 0.717) is 13.1 Å². The maximum atomic E-state index is 12.6. The molecule has 1 amide bonds. The molecule has 0 aliphatic carbocycles. The molecular weight excluding hydrogens is 221 g/mol. The minimum Gasteiger partial charge on any atom is -0.340 e. The third kappa shape index (κ3) is 2.16. The van der Waals surface area contributed by atoms with Gasteiger partial charge in [-0.25, -0.2) is 0 Å². The monoisotopic (exact) mass is 238 g/mol. The van der Waals surface area contributed by atoms with Gasteiger partial charge in [0.15, 0.2) is 5.54 Å². The first-order valence-corrected chi connectivity index (χ1v) is 5.22. The highest BCUT2D eigenvalue weighted by atomic mass is 19.4. The van der Waals surface area contributed by atoms with Crippen LogP contribution < -0.4 is 5.73 Å². The largest absolute Gasteiger partial charge is 0.415 e. The van der Waals surface area contributed by atoms with Gasteiger partial charge >= 0.3 is 6.18 Å². The predicted octanol–water partition coefficient (Wildman–Crippen LogP) is 1.38. The molecule has 3 atom stereocenters. The smallest absolute Gasteiger partial charge is 0.340 e. The predicted molar refractivity (Wildman–Crippen MR) is 53.6 cm³/mol. The Kier molecular flexibility index (Phi) is 3.24. The number of alkyl halides is 3. The Labute approximate surface area is 92.8 Å². The van der Waals surface area contributed by atoms with Crippen molar-refractivity contribution >= 4 is 5.91 Å². The number of halogens is 3. The summed E-state index contributed by atoms with van der Waals surface area (Å²) >= 11 is 0. The van der Waals surface area contributed by atoms with Gasteiger partial charge in [-0.05, 0) is 18.8 Å².